The highest BCUT2D eigenvalue weighted by Crippen LogP contribution is 2.18. The van der Waals surface area contributed by atoms with E-state index in [0.717, 1.165) is 57.7 Å². The summed E-state index contributed by atoms with van der Waals surface area (Å²) < 4.78 is 0. The van der Waals surface area contributed by atoms with Crippen LogP contribution in [0.15, 0.2) is 48.7 Å². The Bertz CT molecular complexity index is 826. The number of hydrogen-bond donors (Lipinski definition) is 2. The third-order valence-electron chi connectivity index (χ3n) is 5.59. The van der Waals surface area contributed by atoms with Gasteiger partial charge < -0.3 is 20.4 Å². The fourth-order valence-electron chi connectivity index (χ4n) is 3.95. The molecule has 2 aromatic rings. The van der Waals surface area contributed by atoms with Crippen LogP contribution in [0.5, 0.6) is 0 Å². The molecule has 0 spiro atoms. The van der Waals surface area contributed by atoms with Gasteiger partial charge in [0.1, 0.15) is 5.82 Å². The van der Waals surface area contributed by atoms with Crippen molar-refractivity contribution < 1.29 is 9.59 Å². The molecule has 1 aromatic carbocycles. The van der Waals surface area contributed by atoms with Gasteiger partial charge in [-0.05, 0) is 62.1 Å². The SMILES string of the molecule is O=C(Nc1ccc(C(=O)N2CCCC2)cc1)NC1CCN(c2ccccn2)CC1. The Labute approximate surface area is 171 Å². The summed E-state index contributed by atoms with van der Waals surface area (Å²) in [5.41, 5.74) is 1.35. The van der Waals surface area contributed by atoms with Crippen molar-refractivity contribution in [3.8, 4) is 0 Å². The van der Waals surface area contributed by atoms with E-state index in [1.807, 2.05) is 23.1 Å². The summed E-state index contributed by atoms with van der Waals surface area (Å²) in [6, 6.07) is 13.0. The summed E-state index contributed by atoms with van der Waals surface area (Å²) in [4.78, 5) is 33.2. The third-order valence-corrected chi connectivity index (χ3v) is 5.59. The topological polar surface area (TPSA) is 77.6 Å². The monoisotopic (exact) mass is 393 g/mol. The lowest BCUT2D eigenvalue weighted by Crippen LogP contribution is -2.46. The molecule has 2 aliphatic heterocycles. The zero-order valence-electron chi connectivity index (χ0n) is 16.5. The first-order chi connectivity index (χ1) is 14.2. The van der Waals surface area contributed by atoms with E-state index in [9.17, 15) is 9.59 Å². The number of benzene rings is 1. The van der Waals surface area contributed by atoms with Crippen LogP contribution < -0.4 is 15.5 Å². The first-order valence-electron chi connectivity index (χ1n) is 10.3. The van der Waals surface area contributed by atoms with Crippen LogP contribution in [0.25, 0.3) is 0 Å². The maximum Gasteiger partial charge on any atom is 0.319 e. The number of carbonyl (C=O) groups excluding carboxylic acids is 2. The zero-order chi connectivity index (χ0) is 20.1. The molecule has 7 nitrogen and oxygen atoms in total. The highest BCUT2D eigenvalue weighted by Gasteiger charge is 2.22. The largest absolute Gasteiger partial charge is 0.356 e. The number of anilines is 2. The summed E-state index contributed by atoms with van der Waals surface area (Å²) in [6.45, 7) is 3.41. The molecule has 3 heterocycles. The Morgan fingerprint density at radius 3 is 2.31 bits per heavy atom. The molecule has 0 unspecified atom stereocenters. The van der Waals surface area contributed by atoms with E-state index in [-0.39, 0.29) is 18.0 Å². The van der Waals surface area contributed by atoms with E-state index in [1.165, 1.54) is 0 Å². The minimum Gasteiger partial charge on any atom is -0.356 e. The summed E-state index contributed by atoms with van der Waals surface area (Å²) >= 11 is 0. The summed E-state index contributed by atoms with van der Waals surface area (Å²) in [5, 5.41) is 5.92. The van der Waals surface area contributed by atoms with Gasteiger partial charge in [0, 0.05) is 49.7 Å². The smallest absolute Gasteiger partial charge is 0.319 e. The average Bonchev–Trinajstić information content (AvgIpc) is 3.30. The molecule has 3 amide bonds. The quantitative estimate of drug-likeness (QED) is 0.837. The molecule has 2 saturated heterocycles. The number of amides is 3. The van der Waals surface area contributed by atoms with Crippen molar-refractivity contribution in [2.45, 2.75) is 31.7 Å². The van der Waals surface area contributed by atoms with Crippen LogP contribution in [-0.2, 0) is 0 Å². The molecule has 4 rings (SSSR count). The predicted molar refractivity (Wildman–Crippen MR) is 113 cm³/mol. The van der Waals surface area contributed by atoms with Gasteiger partial charge in [-0.15, -0.1) is 0 Å². The maximum atomic E-state index is 12.4. The normalized spacial score (nSPS) is 17.2. The lowest BCUT2D eigenvalue weighted by atomic mass is 10.1. The van der Waals surface area contributed by atoms with E-state index in [0.29, 0.717) is 11.3 Å². The van der Waals surface area contributed by atoms with Crippen LogP contribution in [0.3, 0.4) is 0 Å². The number of nitrogens with zero attached hydrogens (tertiary/aromatic N) is 3. The van der Waals surface area contributed by atoms with Crippen LogP contribution >= 0.6 is 0 Å². The first-order valence-corrected chi connectivity index (χ1v) is 10.3. The molecular formula is C22H27N5O2. The summed E-state index contributed by atoms with van der Waals surface area (Å²) in [7, 11) is 0. The van der Waals surface area contributed by atoms with E-state index in [1.54, 1.807) is 30.5 Å². The highest BCUT2D eigenvalue weighted by atomic mass is 16.2. The Morgan fingerprint density at radius 2 is 1.66 bits per heavy atom. The van der Waals surface area contributed by atoms with Crippen molar-refractivity contribution in [2.75, 3.05) is 36.4 Å². The Kier molecular flexibility index (Phi) is 5.93. The van der Waals surface area contributed by atoms with Crippen LogP contribution in [-0.4, -0.2) is 54.0 Å². The van der Waals surface area contributed by atoms with E-state index in [4.69, 9.17) is 0 Å². The standard InChI is InChI=1S/C22H27N5O2/c28-21(27-13-3-4-14-27)17-6-8-18(9-7-17)24-22(29)25-19-10-15-26(16-11-19)20-5-1-2-12-23-20/h1-2,5-9,12,19H,3-4,10-11,13-16H2,(H2,24,25,29). The number of piperidine rings is 1. The molecule has 0 radical (unpaired) electrons. The van der Waals surface area contributed by atoms with Gasteiger partial charge in [-0.25, -0.2) is 9.78 Å². The van der Waals surface area contributed by atoms with Crippen molar-refractivity contribution in [2.24, 2.45) is 0 Å². The van der Waals surface area contributed by atoms with Crippen LogP contribution in [0.1, 0.15) is 36.0 Å². The lowest BCUT2D eigenvalue weighted by molar-refractivity contribution is 0.0793. The van der Waals surface area contributed by atoms with Gasteiger partial charge in [-0.1, -0.05) is 6.07 Å². The molecule has 1 aromatic heterocycles. The molecule has 2 fully saturated rings. The van der Waals surface area contributed by atoms with Crippen molar-refractivity contribution in [3.63, 3.8) is 0 Å². The average molecular weight is 393 g/mol. The number of pyridine rings is 1. The van der Waals surface area contributed by atoms with Crippen LogP contribution in [0.2, 0.25) is 0 Å². The minimum atomic E-state index is -0.208. The molecule has 29 heavy (non-hydrogen) atoms. The van der Waals surface area contributed by atoms with E-state index < -0.39 is 0 Å². The first kappa shape index (κ1) is 19.2. The van der Waals surface area contributed by atoms with Crippen molar-refractivity contribution >= 4 is 23.4 Å². The van der Waals surface area contributed by atoms with Gasteiger partial charge in [0.2, 0.25) is 0 Å². The van der Waals surface area contributed by atoms with Gasteiger partial charge in [0.15, 0.2) is 0 Å². The molecule has 152 valence electrons. The third kappa shape index (κ3) is 4.85. The fraction of sp³-hybridized carbons (Fsp3) is 0.409. The molecule has 7 heteroatoms. The Morgan fingerprint density at radius 1 is 0.931 bits per heavy atom. The second-order valence-corrected chi connectivity index (χ2v) is 7.62. The fourth-order valence-corrected chi connectivity index (χ4v) is 3.95. The van der Waals surface area contributed by atoms with Gasteiger partial charge in [-0.2, -0.15) is 0 Å². The van der Waals surface area contributed by atoms with Crippen LogP contribution in [0, 0.1) is 0 Å². The lowest BCUT2D eigenvalue weighted by Gasteiger charge is -2.33. The van der Waals surface area contributed by atoms with E-state index >= 15 is 0 Å². The van der Waals surface area contributed by atoms with Crippen molar-refractivity contribution in [1.82, 2.24) is 15.2 Å². The molecule has 0 aliphatic carbocycles. The minimum absolute atomic E-state index is 0.0677. The van der Waals surface area contributed by atoms with Gasteiger partial charge in [0.25, 0.3) is 5.91 Å². The Hall–Kier alpha value is -3.09. The molecular weight excluding hydrogens is 366 g/mol. The van der Waals surface area contributed by atoms with Crippen molar-refractivity contribution in [3.05, 3.63) is 54.2 Å². The number of carbonyl (C=O) groups is 2. The van der Waals surface area contributed by atoms with Crippen molar-refractivity contribution in [1.29, 1.82) is 0 Å². The number of urea groups is 1. The zero-order valence-corrected chi connectivity index (χ0v) is 16.5. The second-order valence-electron chi connectivity index (χ2n) is 7.62. The number of hydrogen-bond acceptors (Lipinski definition) is 4. The Balaban J connectivity index is 1.24. The highest BCUT2D eigenvalue weighted by molar-refractivity contribution is 5.95. The van der Waals surface area contributed by atoms with Crippen LogP contribution in [0.4, 0.5) is 16.3 Å². The molecule has 0 saturated carbocycles. The van der Waals surface area contributed by atoms with E-state index in [2.05, 4.69) is 20.5 Å². The predicted octanol–water partition coefficient (Wildman–Crippen LogP) is 3.11. The number of likely N-dealkylation sites (tertiary alicyclic amines) is 1. The molecule has 2 N–H and O–H groups in total. The maximum absolute atomic E-state index is 12.4. The van der Waals surface area contributed by atoms with Gasteiger partial charge >= 0.3 is 6.03 Å². The van der Waals surface area contributed by atoms with Gasteiger partial charge in [0.05, 0.1) is 0 Å². The van der Waals surface area contributed by atoms with Gasteiger partial charge in [-0.3, -0.25) is 4.79 Å². The summed E-state index contributed by atoms with van der Waals surface area (Å²) in [5.74, 6) is 1.05. The molecule has 0 atom stereocenters. The second kappa shape index (κ2) is 8.94. The number of nitrogens with one attached hydrogen (secondary N) is 2. The number of aromatic nitrogens is 1. The molecule has 0 bridgehead atoms. The number of rotatable bonds is 4. The summed E-state index contributed by atoms with van der Waals surface area (Å²) in [6.07, 6.45) is 5.72. The molecule has 2 aliphatic rings.